The maximum atomic E-state index is 11.7. The largest absolute Gasteiger partial charge is 0.480 e. The first-order valence-corrected chi connectivity index (χ1v) is 9.83. The molecular formula is C19H25Cl2N3O4. The van der Waals surface area contributed by atoms with Gasteiger partial charge in [-0.1, -0.05) is 37.0 Å². The summed E-state index contributed by atoms with van der Waals surface area (Å²) in [5.74, 6) is -2.00. The summed E-state index contributed by atoms with van der Waals surface area (Å²) >= 11 is 12.1. The van der Waals surface area contributed by atoms with Crippen LogP contribution in [0.3, 0.4) is 0 Å². The molecule has 0 amide bonds. The monoisotopic (exact) mass is 429 g/mol. The number of hydrogen-bond donors (Lipinski definition) is 3. The van der Waals surface area contributed by atoms with Gasteiger partial charge in [-0.15, -0.1) is 0 Å². The van der Waals surface area contributed by atoms with Gasteiger partial charge in [0.2, 0.25) is 0 Å². The van der Waals surface area contributed by atoms with Gasteiger partial charge in [-0.05, 0) is 42.5 Å². The molecule has 1 aliphatic heterocycles. The fourth-order valence-electron chi connectivity index (χ4n) is 3.23. The van der Waals surface area contributed by atoms with Crippen LogP contribution in [0.4, 0.5) is 0 Å². The van der Waals surface area contributed by atoms with Crippen LogP contribution >= 0.6 is 23.2 Å². The van der Waals surface area contributed by atoms with E-state index in [0.29, 0.717) is 29.6 Å². The molecule has 2 unspecified atom stereocenters. The number of benzene rings is 1. The highest BCUT2D eigenvalue weighted by atomic mass is 35.5. The second-order valence-electron chi connectivity index (χ2n) is 7.40. The molecule has 3 atom stereocenters. The molecule has 1 aromatic carbocycles. The Labute approximate surface area is 174 Å². The van der Waals surface area contributed by atoms with Crippen molar-refractivity contribution >= 4 is 41.5 Å². The summed E-state index contributed by atoms with van der Waals surface area (Å²) in [7, 11) is 0. The van der Waals surface area contributed by atoms with E-state index in [0.717, 1.165) is 5.56 Å². The van der Waals surface area contributed by atoms with Gasteiger partial charge >= 0.3 is 11.9 Å². The van der Waals surface area contributed by atoms with Crippen LogP contribution in [-0.4, -0.2) is 58.1 Å². The summed E-state index contributed by atoms with van der Waals surface area (Å²) in [5.41, 5.74) is 0.888. The Morgan fingerprint density at radius 3 is 2.32 bits per heavy atom. The smallest absolute Gasteiger partial charge is 0.320 e. The first kappa shape index (κ1) is 22.5. The zero-order valence-corrected chi connectivity index (χ0v) is 17.3. The van der Waals surface area contributed by atoms with Crippen LogP contribution in [0, 0.1) is 5.92 Å². The second-order valence-corrected chi connectivity index (χ2v) is 8.27. The molecule has 1 aliphatic rings. The number of aliphatic carboxylic acids is 2. The molecule has 0 aromatic heterocycles. The van der Waals surface area contributed by atoms with Crippen molar-refractivity contribution in [2.45, 2.75) is 51.4 Å². The molecule has 1 heterocycles. The molecule has 0 fully saturated rings. The SMILES string of the molecule is CC(C)CC(N[C@@H](CC1CN=CN1Cc1cc(Cl)cc(Cl)c1)C(=O)O)C(=O)O. The molecule has 0 bridgehead atoms. The number of carbonyl (C=O) groups is 2. The summed E-state index contributed by atoms with van der Waals surface area (Å²) in [6.07, 6.45) is 2.26. The fourth-order valence-corrected chi connectivity index (χ4v) is 3.80. The van der Waals surface area contributed by atoms with Crippen molar-refractivity contribution in [3.63, 3.8) is 0 Å². The highest BCUT2D eigenvalue weighted by Gasteiger charge is 2.31. The Hall–Kier alpha value is -1.83. The van der Waals surface area contributed by atoms with Crippen LogP contribution in [0.25, 0.3) is 0 Å². The second kappa shape index (κ2) is 10.1. The van der Waals surface area contributed by atoms with Crippen molar-refractivity contribution in [3.05, 3.63) is 33.8 Å². The van der Waals surface area contributed by atoms with Crippen LogP contribution in [0.1, 0.15) is 32.3 Å². The Morgan fingerprint density at radius 1 is 1.18 bits per heavy atom. The predicted molar refractivity (Wildman–Crippen MR) is 109 cm³/mol. The first-order chi connectivity index (χ1) is 13.2. The predicted octanol–water partition coefficient (Wildman–Crippen LogP) is 3.14. The Morgan fingerprint density at radius 2 is 1.79 bits per heavy atom. The zero-order chi connectivity index (χ0) is 20.8. The third kappa shape index (κ3) is 6.65. The van der Waals surface area contributed by atoms with Crippen molar-refractivity contribution in [1.82, 2.24) is 10.2 Å². The summed E-state index contributed by atoms with van der Waals surface area (Å²) in [6.45, 7) is 4.73. The summed E-state index contributed by atoms with van der Waals surface area (Å²) in [4.78, 5) is 29.4. The maximum absolute atomic E-state index is 11.7. The van der Waals surface area contributed by atoms with E-state index in [4.69, 9.17) is 23.2 Å². The maximum Gasteiger partial charge on any atom is 0.320 e. The van der Waals surface area contributed by atoms with Crippen molar-refractivity contribution in [2.24, 2.45) is 10.9 Å². The number of nitrogens with one attached hydrogen (secondary N) is 1. The van der Waals surface area contributed by atoms with Gasteiger partial charge in [0, 0.05) is 16.6 Å². The van der Waals surface area contributed by atoms with Crippen molar-refractivity contribution in [2.75, 3.05) is 6.54 Å². The molecule has 1 aromatic rings. The van der Waals surface area contributed by atoms with E-state index >= 15 is 0 Å². The molecule has 9 heteroatoms. The van der Waals surface area contributed by atoms with Gasteiger partial charge in [-0.3, -0.25) is 19.9 Å². The lowest BCUT2D eigenvalue weighted by Crippen LogP contribution is -2.50. The molecule has 154 valence electrons. The Bertz CT molecular complexity index is 722. The lowest BCUT2D eigenvalue weighted by Gasteiger charge is -2.28. The van der Waals surface area contributed by atoms with Crippen LogP contribution in [0.15, 0.2) is 23.2 Å². The summed E-state index contributed by atoms with van der Waals surface area (Å²) < 4.78 is 0. The number of carboxylic acid groups (broad SMARTS) is 2. The standard InChI is InChI=1S/C19H25Cl2N3O4/c1-11(2)3-16(18(25)26)23-17(19(27)28)7-15-8-22-10-24(15)9-12-4-13(20)6-14(21)5-12/h4-6,10-11,15-17,23H,3,7-9H2,1-2H3,(H,25,26)(H,27,28)/t15?,16?,17-/m0/s1. The average Bonchev–Trinajstić information content (AvgIpc) is 2.98. The van der Waals surface area contributed by atoms with E-state index in [2.05, 4.69) is 10.3 Å². The summed E-state index contributed by atoms with van der Waals surface area (Å²) in [6, 6.07) is 3.17. The minimum Gasteiger partial charge on any atom is -0.480 e. The third-order valence-electron chi connectivity index (χ3n) is 4.52. The van der Waals surface area contributed by atoms with Crippen molar-refractivity contribution in [3.8, 4) is 0 Å². The molecule has 28 heavy (non-hydrogen) atoms. The molecule has 7 nitrogen and oxygen atoms in total. The van der Waals surface area contributed by atoms with Gasteiger partial charge < -0.3 is 15.1 Å². The van der Waals surface area contributed by atoms with E-state index in [9.17, 15) is 19.8 Å². The lowest BCUT2D eigenvalue weighted by atomic mass is 10.0. The molecule has 0 saturated heterocycles. The minimum absolute atomic E-state index is 0.127. The number of hydrogen-bond acceptors (Lipinski definition) is 5. The molecule has 2 rings (SSSR count). The van der Waals surface area contributed by atoms with E-state index in [-0.39, 0.29) is 18.4 Å². The van der Waals surface area contributed by atoms with Gasteiger partial charge in [0.25, 0.3) is 0 Å². The Kier molecular flexibility index (Phi) is 8.10. The highest BCUT2D eigenvalue weighted by Crippen LogP contribution is 2.22. The van der Waals surface area contributed by atoms with Gasteiger partial charge in [-0.25, -0.2) is 0 Å². The molecule has 0 saturated carbocycles. The normalized spacial score (nSPS) is 18.5. The van der Waals surface area contributed by atoms with Crippen molar-refractivity contribution < 1.29 is 19.8 Å². The fraction of sp³-hybridized carbons (Fsp3) is 0.526. The topological polar surface area (TPSA) is 102 Å². The number of halogens is 2. The van der Waals surface area contributed by atoms with Crippen molar-refractivity contribution in [1.29, 1.82) is 0 Å². The van der Waals surface area contributed by atoms with E-state index in [1.807, 2.05) is 18.7 Å². The zero-order valence-electron chi connectivity index (χ0n) is 15.8. The average molecular weight is 430 g/mol. The van der Waals surface area contributed by atoms with Crippen LogP contribution in [0.5, 0.6) is 0 Å². The van der Waals surface area contributed by atoms with E-state index in [1.165, 1.54) is 0 Å². The van der Waals surface area contributed by atoms with Crippen LogP contribution in [-0.2, 0) is 16.1 Å². The molecule has 3 N–H and O–H groups in total. The minimum atomic E-state index is -1.08. The third-order valence-corrected chi connectivity index (χ3v) is 4.95. The summed E-state index contributed by atoms with van der Waals surface area (Å²) in [5, 5.41) is 22.8. The van der Waals surface area contributed by atoms with Gasteiger partial charge in [0.1, 0.15) is 12.1 Å². The number of rotatable bonds is 10. The Balaban J connectivity index is 2.06. The van der Waals surface area contributed by atoms with Gasteiger partial charge in [0.05, 0.1) is 18.9 Å². The van der Waals surface area contributed by atoms with Crippen LogP contribution < -0.4 is 5.32 Å². The number of aliphatic imine (C=N–C) groups is 1. The molecule has 0 aliphatic carbocycles. The van der Waals surface area contributed by atoms with Crippen LogP contribution in [0.2, 0.25) is 10.0 Å². The van der Waals surface area contributed by atoms with E-state index < -0.39 is 24.0 Å². The lowest BCUT2D eigenvalue weighted by molar-refractivity contribution is -0.143. The number of nitrogens with zero attached hydrogens (tertiary/aromatic N) is 2. The van der Waals surface area contributed by atoms with E-state index in [1.54, 1.807) is 24.5 Å². The van der Waals surface area contributed by atoms with Gasteiger partial charge in [-0.2, -0.15) is 0 Å². The van der Waals surface area contributed by atoms with Gasteiger partial charge in [0.15, 0.2) is 0 Å². The highest BCUT2D eigenvalue weighted by molar-refractivity contribution is 6.34. The first-order valence-electron chi connectivity index (χ1n) is 9.08. The molecule has 0 spiro atoms. The number of carboxylic acids is 2. The quantitative estimate of drug-likeness (QED) is 0.527. The molecular weight excluding hydrogens is 405 g/mol. The molecule has 0 radical (unpaired) electrons.